The van der Waals surface area contributed by atoms with E-state index >= 15 is 0 Å². The minimum absolute atomic E-state index is 0.377. The van der Waals surface area contributed by atoms with E-state index in [0.717, 1.165) is 44.2 Å². The fraction of sp³-hybridized carbons (Fsp3) is 0.850. The van der Waals surface area contributed by atoms with E-state index in [1.807, 2.05) is 0 Å². The van der Waals surface area contributed by atoms with Gasteiger partial charge in [0.05, 0.1) is 0 Å². The van der Waals surface area contributed by atoms with Crippen molar-refractivity contribution in [2.45, 2.75) is 72.1 Å². The molecule has 2 nitrogen and oxygen atoms in total. The third-order valence-corrected chi connectivity index (χ3v) is 6.49. The summed E-state index contributed by atoms with van der Waals surface area (Å²) in [5, 5.41) is 0. The lowest BCUT2D eigenvalue weighted by atomic mass is 9.78. The fourth-order valence-electron chi connectivity index (χ4n) is 4.30. The van der Waals surface area contributed by atoms with Gasteiger partial charge in [0, 0.05) is 19.0 Å². The summed E-state index contributed by atoms with van der Waals surface area (Å²) in [7, 11) is 0. The number of carbonyl (C=O) groups is 1. The van der Waals surface area contributed by atoms with Crippen LogP contribution in [0.15, 0.2) is 11.6 Å². The van der Waals surface area contributed by atoms with Crippen molar-refractivity contribution in [3.05, 3.63) is 11.6 Å². The smallest absolute Gasteiger partial charge is 0.225 e. The van der Waals surface area contributed by atoms with Crippen molar-refractivity contribution in [2.24, 2.45) is 23.2 Å². The Labute approximate surface area is 136 Å². The zero-order chi connectivity index (χ0) is 15.7. The van der Waals surface area contributed by atoms with Crippen LogP contribution >= 0.6 is 0 Å². The van der Waals surface area contributed by atoms with E-state index in [1.165, 1.54) is 32.1 Å². The SMILES string of the molecule is CCCCN(CC1CC1(C)C1CC=C(C)CC1)C(=O)C1CC1. The van der Waals surface area contributed by atoms with Crippen LogP contribution in [-0.2, 0) is 4.79 Å². The Hall–Kier alpha value is -0.790. The number of rotatable bonds is 7. The molecule has 1 amide bonds. The largest absolute Gasteiger partial charge is 0.342 e. The Morgan fingerprint density at radius 1 is 1.36 bits per heavy atom. The number of unbranched alkanes of at least 4 members (excludes halogenated alkanes) is 1. The highest BCUT2D eigenvalue weighted by Gasteiger charge is 2.55. The maximum atomic E-state index is 12.5. The van der Waals surface area contributed by atoms with Crippen LogP contribution in [0.4, 0.5) is 0 Å². The molecule has 0 aromatic rings. The lowest BCUT2D eigenvalue weighted by Crippen LogP contribution is -2.36. The number of nitrogens with zero attached hydrogens (tertiary/aromatic N) is 1. The molecule has 0 aliphatic heterocycles. The molecule has 0 N–H and O–H groups in total. The Kier molecular flexibility index (Phi) is 4.66. The number of carbonyl (C=O) groups excluding carboxylic acids is 1. The Balaban J connectivity index is 1.56. The monoisotopic (exact) mass is 303 g/mol. The highest BCUT2D eigenvalue weighted by molar-refractivity contribution is 5.81. The highest BCUT2D eigenvalue weighted by Crippen LogP contribution is 2.61. The average molecular weight is 303 g/mol. The molecule has 3 unspecified atom stereocenters. The van der Waals surface area contributed by atoms with Crippen LogP contribution < -0.4 is 0 Å². The van der Waals surface area contributed by atoms with Gasteiger partial charge in [-0.3, -0.25) is 4.79 Å². The summed E-state index contributed by atoms with van der Waals surface area (Å²) in [5.74, 6) is 2.44. The Morgan fingerprint density at radius 3 is 2.73 bits per heavy atom. The van der Waals surface area contributed by atoms with Gasteiger partial charge in [-0.1, -0.05) is 31.9 Å². The molecule has 0 heterocycles. The molecule has 0 spiro atoms. The molecule has 0 aromatic carbocycles. The molecule has 3 rings (SSSR count). The lowest BCUT2D eigenvalue weighted by molar-refractivity contribution is -0.133. The number of hydrogen-bond acceptors (Lipinski definition) is 1. The molecule has 0 saturated heterocycles. The van der Waals surface area contributed by atoms with Gasteiger partial charge in [0.2, 0.25) is 5.91 Å². The highest BCUT2D eigenvalue weighted by atomic mass is 16.2. The van der Waals surface area contributed by atoms with Gasteiger partial charge in [-0.2, -0.15) is 0 Å². The summed E-state index contributed by atoms with van der Waals surface area (Å²) in [5.41, 5.74) is 2.08. The molecule has 0 aromatic heterocycles. The minimum Gasteiger partial charge on any atom is -0.342 e. The first-order valence-corrected chi connectivity index (χ1v) is 9.49. The van der Waals surface area contributed by atoms with Gasteiger partial charge in [-0.15, -0.1) is 0 Å². The van der Waals surface area contributed by atoms with E-state index in [4.69, 9.17) is 0 Å². The van der Waals surface area contributed by atoms with Crippen LogP contribution in [-0.4, -0.2) is 23.9 Å². The average Bonchev–Trinajstić information content (AvgIpc) is 3.41. The summed E-state index contributed by atoms with van der Waals surface area (Å²) >= 11 is 0. The van der Waals surface area contributed by atoms with Gasteiger partial charge in [-0.05, 0) is 69.1 Å². The quantitative estimate of drug-likeness (QED) is 0.619. The van der Waals surface area contributed by atoms with Gasteiger partial charge in [0.25, 0.3) is 0 Å². The van der Waals surface area contributed by atoms with Crippen LogP contribution in [0.2, 0.25) is 0 Å². The Morgan fingerprint density at radius 2 is 2.14 bits per heavy atom. The van der Waals surface area contributed by atoms with E-state index in [-0.39, 0.29) is 0 Å². The topological polar surface area (TPSA) is 20.3 Å². The van der Waals surface area contributed by atoms with Crippen LogP contribution in [0, 0.1) is 23.2 Å². The second kappa shape index (κ2) is 6.37. The van der Waals surface area contributed by atoms with Crippen LogP contribution in [0.3, 0.4) is 0 Å². The second-order valence-electron chi connectivity index (χ2n) is 8.34. The zero-order valence-electron chi connectivity index (χ0n) is 14.7. The molecular formula is C20H33NO. The van der Waals surface area contributed by atoms with E-state index < -0.39 is 0 Å². The Bertz CT molecular complexity index is 451. The summed E-state index contributed by atoms with van der Waals surface area (Å²) in [6.45, 7) is 8.99. The van der Waals surface area contributed by atoms with Crippen molar-refractivity contribution in [1.29, 1.82) is 0 Å². The molecule has 124 valence electrons. The van der Waals surface area contributed by atoms with E-state index in [9.17, 15) is 4.79 Å². The van der Waals surface area contributed by atoms with E-state index in [0.29, 0.717) is 17.2 Å². The van der Waals surface area contributed by atoms with Crippen molar-refractivity contribution in [2.75, 3.05) is 13.1 Å². The van der Waals surface area contributed by atoms with Crippen LogP contribution in [0.25, 0.3) is 0 Å². The third-order valence-electron chi connectivity index (χ3n) is 6.49. The number of hydrogen-bond donors (Lipinski definition) is 0. The molecule has 2 saturated carbocycles. The molecule has 3 aliphatic rings. The fourth-order valence-corrected chi connectivity index (χ4v) is 4.30. The van der Waals surface area contributed by atoms with E-state index in [1.54, 1.807) is 5.57 Å². The van der Waals surface area contributed by atoms with Gasteiger partial charge < -0.3 is 4.90 Å². The first kappa shape index (κ1) is 16.1. The minimum atomic E-state index is 0.377. The lowest BCUT2D eigenvalue weighted by Gasteiger charge is -2.29. The maximum Gasteiger partial charge on any atom is 0.225 e. The second-order valence-corrected chi connectivity index (χ2v) is 8.34. The zero-order valence-corrected chi connectivity index (χ0v) is 14.7. The standard InChI is InChI=1S/C20H33NO/c1-4-5-12-21(19(22)16-8-9-16)14-18-13-20(18,3)17-10-6-15(2)7-11-17/h6,16-18H,4-5,7-14H2,1-3H3. The van der Waals surface area contributed by atoms with Crippen LogP contribution in [0.5, 0.6) is 0 Å². The summed E-state index contributed by atoms with van der Waals surface area (Å²) in [6, 6.07) is 0. The van der Waals surface area contributed by atoms with Crippen molar-refractivity contribution < 1.29 is 4.79 Å². The van der Waals surface area contributed by atoms with E-state index in [2.05, 4.69) is 31.7 Å². The van der Waals surface area contributed by atoms with Gasteiger partial charge in [-0.25, -0.2) is 0 Å². The van der Waals surface area contributed by atoms with Gasteiger partial charge in [0.15, 0.2) is 0 Å². The predicted molar refractivity (Wildman–Crippen MR) is 91.5 cm³/mol. The van der Waals surface area contributed by atoms with Crippen molar-refractivity contribution >= 4 is 5.91 Å². The maximum absolute atomic E-state index is 12.5. The van der Waals surface area contributed by atoms with Gasteiger partial charge >= 0.3 is 0 Å². The number of amides is 1. The molecule has 3 aliphatic carbocycles. The molecular weight excluding hydrogens is 270 g/mol. The van der Waals surface area contributed by atoms with Crippen LogP contribution in [0.1, 0.15) is 72.1 Å². The summed E-state index contributed by atoms with van der Waals surface area (Å²) < 4.78 is 0. The number of allylic oxidation sites excluding steroid dienone is 2. The first-order valence-electron chi connectivity index (χ1n) is 9.49. The molecule has 0 radical (unpaired) electrons. The van der Waals surface area contributed by atoms with Gasteiger partial charge in [0.1, 0.15) is 0 Å². The summed E-state index contributed by atoms with van der Waals surface area (Å²) in [4.78, 5) is 14.7. The predicted octanol–water partition coefficient (Wildman–Crippen LogP) is 4.80. The molecule has 2 fully saturated rings. The molecule has 2 heteroatoms. The normalized spacial score (nSPS) is 34.2. The summed E-state index contributed by atoms with van der Waals surface area (Å²) in [6.07, 6.45) is 12.3. The first-order chi connectivity index (χ1) is 10.5. The molecule has 0 bridgehead atoms. The van der Waals surface area contributed by atoms with Crippen molar-refractivity contribution in [3.63, 3.8) is 0 Å². The van der Waals surface area contributed by atoms with Crippen molar-refractivity contribution in [1.82, 2.24) is 4.90 Å². The third kappa shape index (κ3) is 3.41. The van der Waals surface area contributed by atoms with Crippen molar-refractivity contribution in [3.8, 4) is 0 Å². The molecule has 22 heavy (non-hydrogen) atoms. The molecule has 3 atom stereocenters.